The molecule has 0 aromatic carbocycles. The lowest BCUT2D eigenvalue weighted by molar-refractivity contribution is -0.148. The maximum atomic E-state index is 11.5. The van der Waals surface area contributed by atoms with E-state index in [1.807, 2.05) is 0 Å². The summed E-state index contributed by atoms with van der Waals surface area (Å²) in [5, 5.41) is 0. The summed E-state index contributed by atoms with van der Waals surface area (Å²) in [6, 6.07) is 0. The van der Waals surface area contributed by atoms with Crippen LogP contribution in [0.5, 0.6) is 0 Å². The van der Waals surface area contributed by atoms with Crippen LogP contribution in [0.25, 0.3) is 0 Å². The fourth-order valence-corrected chi connectivity index (χ4v) is 7.00. The van der Waals surface area contributed by atoms with Crippen molar-refractivity contribution in [2.24, 2.45) is 28.6 Å². The van der Waals surface area contributed by atoms with E-state index in [9.17, 15) is 4.79 Å². The quantitative estimate of drug-likeness (QED) is 0.374. The third kappa shape index (κ3) is 2.55. The number of carbonyl (C=O) groups excluding carboxylic acids is 1. The van der Waals surface area contributed by atoms with Gasteiger partial charge in [-0.3, -0.25) is 4.79 Å². The largest absolute Gasteiger partial charge is 0.461 e. The van der Waals surface area contributed by atoms with E-state index in [1.165, 1.54) is 44.9 Å². The monoisotopic (exact) mass is 350 g/mol. The van der Waals surface area contributed by atoms with Gasteiger partial charge in [0, 0.05) is 6.42 Å². The molecule has 134 valence electrons. The second-order valence-electron chi connectivity index (χ2n) is 9.33. The van der Waals surface area contributed by atoms with E-state index in [-0.39, 0.29) is 18.0 Å². The van der Waals surface area contributed by atoms with Crippen molar-refractivity contribution >= 4 is 17.6 Å². The minimum absolute atomic E-state index is 0.0300. The van der Waals surface area contributed by atoms with Crippen LogP contribution in [0, 0.1) is 28.6 Å². The number of hydrogen-bond acceptors (Lipinski definition) is 2. The van der Waals surface area contributed by atoms with Gasteiger partial charge in [-0.25, -0.2) is 0 Å². The van der Waals surface area contributed by atoms with Crippen LogP contribution >= 0.6 is 11.6 Å². The van der Waals surface area contributed by atoms with Gasteiger partial charge in [0.2, 0.25) is 0 Å². The molecule has 24 heavy (non-hydrogen) atoms. The molecule has 4 aliphatic rings. The average Bonchev–Trinajstić information content (AvgIpc) is 2.97. The molecule has 0 amide bonds. The molecule has 3 fully saturated rings. The van der Waals surface area contributed by atoms with E-state index < -0.39 is 0 Å². The minimum atomic E-state index is -0.265. The van der Waals surface area contributed by atoms with Crippen molar-refractivity contribution < 1.29 is 9.53 Å². The number of rotatable bonds is 2. The summed E-state index contributed by atoms with van der Waals surface area (Å²) in [5.41, 5.74) is 2.54. The lowest BCUT2D eigenvalue weighted by Crippen LogP contribution is -2.49. The Balaban J connectivity index is 1.55. The lowest BCUT2D eigenvalue weighted by Gasteiger charge is -2.57. The molecular formula is C21H31ClO2. The highest BCUT2D eigenvalue weighted by Gasteiger charge is 2.55. The third-order valence-electron chi connectivity index (χ3n) is 8.25. The lowest BCUT2D eigenvalue weighted by atomic mass is 9.48. The van der Waals surface area contributed by atoms with Gasteiger partial charge >= 0.3 is 5.97 Å². The van der Waals surface area contributed by atoms with E-state index in [0.717, 1.165) is 30.6 Å². The summed E-state index contributed by atoms with van der Waals surface area (Å²) in [5.74, 6) is 2.38. The van der Waals surface area contributed by atoms with Crippen LogP contribution in [0.2, 0.25) is 0 Å². The fourth-order valence-electron chi connectivity index (χ4n) is 6.94. The Morgan fingerprint density at radius 3 is 2.83 bits per heavy atom. The first kappa shape index (κ1) is 16.9. The molecule has 0 aromatic rings. The number of halogens is 1. The van der Waals surface area contributed by atoms with Gasteiger partial charge in [0.05, 0.1) is 0 Å². The Kier molecular flexibility index (Phi) is 4.26. The van der Waals surface area contributed by atoms with Crippen molar-refractivity contribution in [3.8, 4) is 0 Å². The highest BCUT2D eigenvalue weighted by Crippen LogP contribution is 2.64. The molecule has 0 heterocycles. The second-order valence-corrected chi connectivity index (χ2v) is 9.60. The Hall–Kier alpha value is -0.500. The van der Waals surface area contributed by atoms with Crippen LogP contribution in [-0.4, -0.2) is 18.0 Å². The molecule has 3 heteroatoms. The molecule has 2 nitrogen and oxygen atoms in total. The van der Waals surface area contributed by atoms with Gasteiger partial charge in [0.15, 0.2) is 0 Å². The second kappa shape index (κ2) is 6.04. The zero-order valence-electron chi connectivity index (χ0n) is 15.2. The molecule has 0 saturated heterocycles. The molecule has 0 N–H and O–H groups in total. The zero-order chi connectivity index (χ0) is 16.9. The molecule has 4 rings (SSSR count). The van der Waals surface area contributed by atoms with Gasteiger partial charge in [-0.1, -0.05) is 31.9 Å². The maximum absolute atomic E-state index is 11.5. The van der Waals surface area contributed by atoms with Gasteiger partial charge in [-0.2, -0.15) is 0 Å². The highest BCUT2D eigenvalue weighted by molar-refractivity contribution is 6.26. The first-order valence-electron chi connectivity index (χ1n) is 9.91. The van der Waals surface area contributed by atoms with Crippen LogP contribution in [0.1, 0.15) is 71.6 Å². The van der Waals surface area contributed by atoms with E-state index in [1.54, 1.807) is 5.57 Å². The topological polar surface area (TPSA) is 26.3 Å². The van der Waals surface area contributed by atoms with Crippen LogP contribution in [-0.2, 0) is 9.53 Å². The summed E-state index contributed by atoms with van der Waals surface area (Å²) in [6.07, 6.45) is 14.1. The first-order chi connectivity index (χ1) is 11.5. The first-order valence-corrected chi connectivity index (χ1v) is 10.4. The number of alkyl halides is 1. The fraction of sp³-hybridized carbons (Fsp3) is 0.857. The Morgan fingerprint density at radius 1 is 1.21 bits per heavy atom. The van der Waals surface area contributed by atoms with E-state index >= 15 is 0 Å². The van der Waals surface area contributed by atoms with Crippen molar-refractivity contribution in [3.05, 3.63) is 11.6 Å². The Bertz CT molecular complexity index is 556. The summed E-state index contributed by atoms with van der Waals surface area (Å²) in [7, 11) is 0. The molecule has 0 spiro atoms. The zero-order valence-corrected chi connectivity index (χ0v) is 15.9. The normalized spacial score (nSPS) is 47.2. The van der Waals surface area contributed by atoms with Gasteiger partial charge in [-0.05, 0) is 73.5 Å². The summed E-state index contributed by atoms with van der Waals surface area (Å²) < 4.78 is 5.54. The van der Waals surface area contributed by atoms with Gasteiger partial charge in [0.1, 0.15) is 12.0 Å². The molecule has 4 aliphatic carbocycles. The van der Waals surface area contributed by atoms with Crippen LogP contribution < -0.4 is 0 Å². The van der Waals surface area contributed by atoms with E-state index in [2.05, 4.69) is 19.9 Å². The maximum Gasteiger partial charge on any atom is 0.321 e. The molecule has 0 bridgehead atoms. The molecule has 6 atom stereocenters. The van der Waals surface area contributed by atoms with Crippen LogP contribution in [0.3, 0.4) is 0 Å². The molecule has 0 radical (unpaired) electrons. The van der Waals surface area contributed by atoms with Crippen molar-refractivity contribution in [1.82, 2.24) is 0 Å². The van der Waals surface area contributed by atoms with E-state index in [0.29, 0.717) is 10.8 Å². The van der Waals surface area contributed by atoms with Crippen molar-refractivity contribution in [2.75, 3.05) is 5.88 Å². The number of esters is 1. The minimum Gasteiger partial charge on any atom is -0.461 e. The summed E-state index contributed by atoms with van der Waals surface area (Å²) >= 11 is 5.60. The van der Waals surface area contributed by atoms with Gasteiger partial charge in [0.25, 0.3) is 0 Å². The number of fused-ring (bicyclic) bond motifs is 5. The highest BCUT2D eigenvalue weighted by atomic mass is 35.5. The Labute approximate surface area is 151 Å². The molecule has 0 aromatic heterocycles. The van der Waals surface area contributed by atoms with Crippen LogP contribution in [0.15, 0.2) is 11.6 Å². The summed E-state index contributed by atoms with van der Waals surface area (Å²) in [4.78, 5) is 11.5. The number of carbonyl (C=O) groups is 1. The molecule has 0 aliphatic heterocycles. The third-order valence-corrected chi connectivity index (χ3v) is 8.47. The molecule has 6 unspecified atom stereocenters. The number of allylic oxidation sites excluding steroid dienone is 1. The number of hydrogen-bond donors (Lipinski definition) is 0. The van der Waals surface area contributed by atoms with Crippen molar-refractivity contribution in [1.29, 1.82) is 0 Å². The van der Waals surface area contributed by atoms with Crippen LogP contribution in [0.4, 0.5) is 0 Å². The Morgan fingerprint density at radius 2 is 2.04 bits per heavy atom. The average molecular weight is 351 g/mol. The predicted molar refractivity (Wildman–Crippen MR) is 96.9 cm³/mol. The summed E-state index contributed by atoms with van der Waals surface area (Å²) in [6.45, 7) is 5.07. The SMILES string of the molecule is CC12CCCC1C1CC=C3CC(OC(=O)CCl)CCC3(C)C1CC2. The van der Waals surface area contributed by atoms with E-state index in [4.69, 9.17) is 16.3 Å². The number of ether oxygens (including phenoxy) is 1. The van der Waals surface area contributed by atoms with Gasteiger partial charge < -0.3 is 4.74 Å². The van der Waals surface area contributed by atoms with Gasteiger partial charge in [-0.15, -0.1) is 11.6 Å². The van der Waals surface area contributed by atoms with Crippen molar-refractivity contribution in [3.63, 3.8) is 0 Å². The molecule has 3 saturated carbocycles. The smallest absolute Gasteiger partial charge is 0.321 e. The molecular weight excluding hydrogens is 320 g/mol. The predicted octanol–water partition coefficient (Wildman–Crippen LogP) is 5.49. The standard InChI is InChI=1S/C21H31ClO2/c1-20-9-3-4-17(20)16-6-5-14-12-15(24-19(23)13-22)7-11-21(14,2)18(16)8-10-20/h5,15-18H,3-4,6-13H2,1-2H3. The van der Waals surface area contributed by atoms with Crippen molar-refractivity contribution in [2.45, 2.75) is 77.7 Å².